The maximum absolute atomic E-state index is 13.1. The summed E-state index contributed by atoms with van der Waals surface area (Å²) in [6, 6.07) is 11.2. The van der Waals surface area contributed by atoms with Crippen molar-refractivity contribution in [3.63, 3.8) is 0 Å². The van der Waals surface area contributed by atoms with Crippen LogP contribution in [0.5, 0.6) is 17.2 Å². The highest BCUT2D eigenvalue weighted by Crippen LogP contribution is 2.35. The molecule has 3 aromatic rings. The second kappa shape index (κ2) is 11.2. The van der Waals surface area contributed by atoms with E-state index in [-0.39, 0.29) is 36.2 Å². The number of hydrogen-bond acceptors (Lipinski definition) is 6. The lowest BCUT2D eigenvalue weighted by molar-refractivity contribution is -0.137. The van der Waals surface area contributed by atoms with Crippen LogP contribution in [0, 0.1) is 0 Å². The average molecular weight is 489 g/mol. The Labute approximate surface area is 198 Å². The van der Waals surface area contributed by atoms with E-state index in [4.69, 9.17) is 15.2 Å². The molecule has 0 aliphatic rings. The highest BCUT2D eigenvalue weighted by molar-refractivity contribution is 6.00. The first-order valence-electron chi connectivity index (χ1n) is 10.3. The third-order valence-corrected chi connectivity index (χ3v) is 4.45. The van der Waals surface area contributed by atoms with Crippen molar-refractivity contribution in [2.24, 2.45) is 5.73 Å². The van der Waals surface area contributed by atoms with Gasteiger partial charge in [0, 0.05) is 37.6 Å². The summed E-state index contributed by atoms with van der Waals surface area (Å²) >= 11 is 0. The molecule has 0 radical (unpaired) electrons. The molecule has 0 aliphatic heterocycles. The van der Waals surface area contributed by atoms with Crippen LogP contribution in [0.1, 0.15) is 16.1 Å². The topological polar surface area (TPSA) is 128 Å². The molecule has 3 rings (SSSR count). The zero-order chi connectivity index (χ0) is 25.4. The summed E-state index contributed by atoms with van der Waals surface area (Å²) in [6.07, 6.45) is -3.19. The number of ether oxygens (including phenoxy) is 2. The summed E-state index contributed by atoms with van der Waals surface area (Å²) < 4.78 is 50.4. The van der Waals surface area contributed by atoms with Gasteiger partial charge in [-0.05, 0) is 36.4 Å². The summed E-state index contributed by atoms with van der Waals surface area (Å²) in [5.41, 5.74) is 4.73. The predicted octanol–water partition coefficient (Wildman–Crippen LogP) is 4.23. The summed E-state index contributed by atoms with van der Waals surface area (Å²) in [6.45, 7) is 0.194. The molecule has 0 bridgehead atoms. The highest BCUT2D eigenvalue weighted by atomic mass is 19.4. The quantitative estimate of drug-likeness (QED) is 0.375. The predicted molar refractivity (Wildman–Crippen MR) is 123 cm³/mol. The number of hydrogen-bond donors (Lipinski definition) is 4. The first-order valence-corrected chi connectivity index (χ1v) is 10.3. The fraction of sp³-hybridized carbons (Fsp3) is 0.174. The number of nitrogens with zero attached hydrogens (tertiary/aromatic N) is 1. The Morgan fingerprint density at radius 3 is 2.51 bits per heavy atom. The maximum Gasteiger partial charge on any atom is 0.416 e. The molecular weight excluding hydrogens is 467 g/mol. The SMILES string of the molecule is CNC(=O)c1cc(Oc2cccc(NC(=O)Nc3cc(C(F)(F)F)ccc3OCCN)c2)ccn1. The van der Waals surface area contributed by atoms with Gasteiger partial charge in [-0.25, -0.2) is 4.79 Å². The van der Waals surface area contributed by atoms with Gasteiger partial charge >= 0.3 is 12.2 Å². The molecule has 1 aromatic heterocycles. The van der Waals surface area contributed by atoms with Gasteiger partial charge in [-0.1, -0.05) is 6.07 Å². The molecule has 0 fully saturated rings. The number of aromatic nitrogens is 1. The largest absolute Gasteiger partial charge is 0.490 e. The monoisotopic (exact) mass is 489 g/mol. The number of carbonyl (C=O) groups is 2. The van der Waals surface area contributed by atoms with Crippen LogP contribution in [0.2, 0.25) is 0 Å². The Kier molecular flexibility index (Phi) is 8.10. The minimum absolute atomic E-state index is 0.0419. The molecule has 0 aliphatic carbocycles. The number of carbonyl (C=O) groups excluding carboxylic acids is 2. The lowest BCUT2D eigenvalue weighted by Crippen LogP contribution is -2.21. The van der Waals surface area contributed by atoms with Crippen LogP contribution in [0.15, 0.2) is 60.8 Å². The van der Waals surface area contributed by atoms with Crippen LogP contribution < -0.4 is 31.2 Å². The van der Waals surface area contributed by atoms with Crippen molar-refractivity contribution in [2.75, 3.05) is 30.8 Å². The Morgan fingerprint density at radius 2 is 1.80 bits per heavy atom. The van der Waals surface area contributed by atoms with Crippen molar-refractivity contribution in [1.82, 2.24) is 10.3 Å². The normalized spacial score (nSPS) is 10.9. The van der Waals surface area contributed by atoms with E-state index in [0.29, 0.717) is 17.2 Å². The molecule has 0 saturated heterocycles. The van der Waals surface area contributed by atoms with Crippen molar-refractivity contribution in [3.8, 4) is 17.2 Å². The first kappa shape index (κ1) is 25.3. The number of benzene rings is 2. The average Bonchev–Trinajstić information content (AvgIpc) is 2.82. The molecule has 3 amide bonds. The van der Waals surface area contributed by atoms with Crippen LogP contribution >= 0.6 is 0 Å². The van der Waals surface area contributed by atoms with E-state index >= 15 is 0 Å². The molecule has 5 N–H and O–H groups in total. The first-order chi connectivity index (χ1) is 16.7. The number of amides is 3. The minimum Gasteiger partial charge on any atom is -0.490 e. The third-order valence-electron chi connectivity index (χ3n) is 4.45. The smallest absolute Gasteiger partial charge is 0.416 e. The maximum atomic E-state index is 13.1. The van der Waals surface area contributed by atoms with Crippen molar-refractivity contribution in [2.45, 2.75) is 6.18 Å². The van der Waals surface area contributed by atoms with Crippen LogP contribution in [0.25, 0.3) is 0 Å². The number of nitrogens with two attached hydrogens (primary N) is 1. The number of rotatable bonds is 8. The Morgan fingerprint density at radius 1 is 1.03 bits per heavy atom. The fourth-order valence-electron chi connectivity index (χ4n) is 2.88. The van der Waals surface area contributed by atoms with Gasteiger partial charge in [-0.15, -0.1) is 0 Å². The lowest BCUT2D eigenvalue weighted by Gasteiger charge is -2.16. The minimum atomic E-state index is -4.60. The Hall–Kier alpha value is -4.32. The highest BCUT2D eigenvalue weighted by Gasteiger charge is 2.31. The molecule has 184 valence electrons. The molecular formula is C23H22F3N5O4. The lowest BCUT2D eigenvalue weighted by atomic mass is 10.2. The second-order valence-electron chi connectivity index (χ2n) is 7.01. The summed E-state index contributed by atoms with van der Waals surface area (Å²) in [4.78, 5) is 28.2. The third kappa shape index (κ3) is 7.08. The van der Waals surface area contributed by atoms with E-state index in [9.17, 15) is 22.8 Å². The van der Waals surface area contributed by atoms with E-state index in [2.05, 4.69) is 20.9 Å². The molecule has 1 heterocycles. The molecule has 2 aromatic carbocycles. The number of nitrogens with one attached hydrogen (secondary N) is 3. The summed E-state index contributed by atoms with van der Waals surface area (Å²) in [5.74, 6) is 0.334. The van der Waals surface area contributed by atoms with Gasteiger partial charge < -0.3 is 31.2 Å². The van der Waals surface area contributed by atoms with E-state index in [1.54, 1.807) is 24.3 Å². The number of alkyl halides is 3. The standard InChI is InChI=1S/C23H22F3N5O4/c1-28-21(32)19-13-17(7-9-29-19)35-16-4-2-3-15(12-16)30-22(33)31-18-11-14(23(24,25)26)5-6-20(18)34-10-8-27/h2-7,9,11-13H,8,10,27H2,1H3,(H,28,32)(H2,30,31,33). The van der Waals surface area contributed by atoms with E-state index in [1.165, 1.54) is 25.4 Å². The molecule has 9 nitrogen and oxygen atoms in total. The molecule has 35 heavy (non-hydrogen) atoms. The molecule has 12 heteroatoms. The second-order valence-corrected chi connectivity index (χ2v) is 7.01. The number of halogens is 3. The van der Waals surface area contributed by atoms with Crippen molar-refractivity contribution >= 4 is 23.3 Å². The zero-order valence-electron chi connectivity index (χ0n) is 18.5. The van der Waals surface area contributed by atoms with Crippen molar-refractivity contribution < 1.29 is 32.2 Å². The molecule has 0 atom stereocenters. The van der Waals surface area contributed by atoms with Crippen LogP contribution in [-0.4, -0.2) is 37.1 Å². The summed E-state index contributed by atoms with van der Waals surface area (Å²) in [7, 11) is 1.48. The molecule has 0 saturated carbocycles. The Bertz CT molecular complexity index is 1200. The van der Waals surface area contributed by atoms with E-state index in [1.807, 2.05) is 0 Å². The van der Waals surface area contributed by atoms with Crippen LogP contribution in [0.4, 0.5) is 29.3 Å². The van der Waals surface area contributed by atoms with E-state index < -0.39 is 17.8 Å². The van der Waals surface area contributed by atoms with Gasteiger partial charge in [0.15, 0.2) is 0 Å². The molecule has 0 unspecified atom stereocenters. The number of pyridine rings is 1. The van der Waals surface area contributed by atoms with E-state index in [0.717, 1.165) is 18.2 Å². The van der Waals surface area contributed by atoms with Crippen molar-refractivity contribution in [1.29, 1.82) is 0 Å². The number of urea groups is 1. The molecule has 0 spiro atoms. The summed E-state index contributed by atoms with van der Waals surface area (Å²) in [5, 5.41) is 7.36. The Balaban J connectivity index is 1.73. The van der Waals surface area contributed by atoms with Gasteiger partial charge in [-0.3, -0.25) is 9.78 Å². The van der Waals surface area contributed by atoms with Gasteiger partial charge in [0.1, 0.15) is 29.5 Å². The van der Waals surface area contributed by atoms with Crippen molar-refractivity contribution in [3.05, 3.63) is 72.1 Å². The fourth-order valence-corrected chi connectivity index (χ4v) is 2.88. The van der Waals surface area contributed by atoms with Gasteiger partial charge in [0.25, 0.3) is 5.91 Å². The van der Waals surface area contributed by atoms with Gasteiger partial charge in [0.05, 0.1) is 11.3 Å². The number of anilines is 2. The van der Waals surface area contributed by atoms with Gasteiger partial charge in [-0.2, -0.15) is 13.2 Å². The van der Waals surface area contributed by atoms with Gasteiger partial charge in [0.2, 0.25) is 0 Å². The zero-order valence-corrected chi connectivity index (χ0v) is 18.5. The van der Waals surface area contributed by atoms with Crippen LogP contribution in [0.3, 0.4) is 0 Å². The van der Waals surface area contributed by atoms with Crippen LogP contribution in [-0.2, 0) is 6.18 Å².